The molecule has 1 amide bonds. The third kappa shape index (κ3) is 3.38. The van der Waals surface area contributed by atoms with Gasteiger partial charge in [-0.15, -0.1) is 0 Å². The van der Waals surface area contributed by atoms with E-state index in [9.17, 15) is 4.79 Å². The zero-order chi connectivity index (χ0) is 11.3. The Labute approximate surface area is 96.6 Å². The van der Waals surface area contributed by atoms with Crippen molar-refractivity contribution in [2.45, 2.75) is 50.3 Å². The van der Waals surface area contributed by atoms with Crippen molar-refractivity contribution in [3.8, 4) is 0 Å². The average Bonchev–Trinajstić information content (AvgIpc) is 2.77. The molecule has 1 heterocycles. The molecule has 1 fully saturated rings. The summed E-state index contributed by atoms with van der Waals surface area (Å²) in [4.78, 5) is 11.8. The van der Waals surface area contributed by atoms with E-state index >= 15 is 0 Å². The van der Waals surface area contributed by atoms with E-state index in [2.05, 4.69) is 5.32 Å². The minimum Gasteiger partial charge on any atom is -0.353 e. The van der Waals surface area contributed by atoms with Crippen molar-refractivity contribution in [3.05, 3.63) is 0 Å². The number of hydrogen-bond acceptors (Lipinski definition) is 3. The van der Waals surface area contributed by atoms with Gasteiger partial charge in [0.05, 0.1) is 5.54 Å². The van der Waals surface area contributed by atoms with Crippen LogP contribution >= 0.6 is 11.8 Å². The lowest BCUT2D eigenvalue weighted by Crippen LogP contribution is -2.54. The Balaban J connectivity index is 2.33. The topological polar surface area (TPSA) is 55.1 Å². The summed E-state index contributed by atoms with van der Waals surface area (Å²) in [6, 6.07) is 0. The Bertz CT molecular complexity index is 211. The number of carbonyl (C=O) groups excluding carboxylic acids is 1. The number of carbonyl (C=O) groups is 1. The van der Waals surface area contributed by atoms with Gasteiger partial charge in [-0.25, -0.2) is 0 Å². The number of nitrogens with one attached hydrogen (secondary N) is 1. The molecule has 1 rings (SSSR count). The van der Waals surface area contributed by atoms with E-state index < -0.39 is 5.54 Å². The molecule has 0 bridgehead atoms. The van der Waals surface area contributed by atoms with Crippen molar-refractivity contribution < 1.29 is 4.79 Å². The highest BCUT2D eigenvalue weighted by atomic mass is 32.2. The minimum atomic E-state index is -0.663. The summed E-state index contributed by atoms with van der Waals surface area (Å²) >= 11 is 1.95. The third-order valence-corrected chi connectivity index (χ3v) is 4.63. The van der Waals surface area contributed by atoms with Crippen LogP contribution in [0.25, 0.3) is 0 Å². The Morgan fingerprint density at radius 3 is 2.67 bits per heavy atom. The fraction of sp³-hybridized carbons (Fsp3) is 0.909. The van der Waals surface area contributed by atoms with Crippen LogP contribution < -0.4 is 11.1 Å². The molecule has 0 aliphatic carbocycles. The Hall–Kier alpha value is -0.220. The van der Waals surface area contributed by atoms with E-state index in [1.54, 1.807) is 0 Å². The highest BCUT2D eigenvalue weighted by molar-refractivity contribution is 8.00. The van der Waals surface area contributed by atoms with Crippen LogP contribution in [0.5, 0.6) is 0 Å². The molecule has 0 radical (unpaired) electrons. The smallest absolute Gasteiger partial charge is 0.240 e. The summed E-state index contributed by atoms with van der Waals surface area (Å²) in [6.45, 7) is 4.71. The van der Waals surface area contributed by atoms with E-state index in [-0.39, 0.29) is 5.91 Å². The summed E-state index contributed by atoms with van der Waals surface area (Å²) in [5, 5.41) is 3.59. The maximum atomic E-state index is 11.8. The van der Waals surface area contributed by atoms with Gasteiger partial charge in [-0.1, -0.05) is 13.8 Å². The van der Waals surface area contributed by atoms with Gasteiger partial charge in [0, 0.05) is 11.8 Å². The normalized spacial score (nSPS) is 21.7. The predicted molar refractivity (Wildman–Crippen MR) is 66.0 cm³/mol. The Morgan fingerprint density at radius 1 is 1.53 bits per heavy atom. The van der Waals surface area contributed by atoms with Gasteiger partial charge < -0.3 is 11.1 Å². The highest BCUT2D eigenvalue weighted by Crippen LogP contribution is 2.25. The first-order valence-corrected chi connectivity index (χ1v) is 6.86. The number of hydrogen-bond donors (Lipinski definition) is 2. The predicted octanol–water partition coefficient (Wildman–Crippen LogP) is 1.52. The SMILES string of the molecule is CCC(N)(CC)C(=O)NCC1CCCS1. The Kier molecular flexibility index (Phi) is 4.93. The summed E-state index contributed by atoms with van der Waals surface area (Å²) < 4.78 is 0. The monoisotopic (exact) mass is 230 g/mol. The van der Waals surface area contributed by atoms with Crippen LogP contribution in [-0.4, -0.2) is 29.0 Å². The molecule has 1 aliphatic heterocycles. The van der Waals surface area contributed by atoms with Crippen LogP contribution in [0.3, 0.4) is 0 Å². The molecule has 1 atom stereocenters. The van der Waals surface area contributed by atoms with Crippen molar-refractivity contribution in [2.24, 2.45) is 5.73 Å². The van der Waals surface area contributed by atoms with Crippen molar-refractivity contribution in [2.75, 3.05) is 12.3 Å². The molecule has 3 nitrogen and oxygen atoms in total. The number of rotatable bonds is 5. The van der Waals surface area contributed by atoms with Crippen LogP contribution in [-0.2, 0) is 4.79 Å². The van der Waals surface area contributed by atoms with Gasteiger partial charge in [-0.05, 0) is 31.4 Å². The molecule has 0 aromatic carbocycles. The zero-order valence-corrected chi connectivity index (χ0v) is 10.5. The van der Waals surface area contributed by atoms with Crippen molar-refractivity contribution in [1.29, 1.82) is 0 Å². The molecule has 15 heavy (non-hydrogen) atoms. The number of amides is 1. The molecule has 1 unspecified atom stereocenters. The second-order valence-corrected chi connectivity index (χ2v) is 5.62. The lowest BCUT2D eigenvalue weighted by molar-refractivity contribution is -0.126. The first kappa shape index (κ1) is 12.8. The maximum Gasteiger partial charge on any atom is 0.240 e. The van der Waals surface area contributed by atoms with Crippen LogP contribution in [0.2, 0.25) is 0 Å². The van der Waals surface area contributed by atoms with Gasteiger partial charge in [0.25, 0.3) is 0 Å². The highest BCUT2D eigenvalue weighted by Gasteiger charge is 2.30. The van der Waals surface area contributed by atoms with Gasteiger partial charge >= 0.3 is 0 Å². The summed E-state index contributed by atoms with van der Waals surface area (Å²) in [6.07, 6.45) is 3.90. The lowest BCUT2D eigenvalue weighted by atomic mass is 9.93. The molecule has 1 saturated heterocycles. The molecule has 88 valence electrons. The van der Waals surface area contributed by atoms with Crippen molar-refractivity contribution >= 4 is 17.7 Å². The quantitative estimate of drug-likeness (QED) is 0.753. The van der Waals surface area contributed by atoms with Gasteiger partial charge in [0.2, 0.25) is 5.91 Å². The summed E-state index contributed by atoms with van der Waals surface area (Å²) in [7, 11) is 0. The maximum absolute atomic E-state index is 11.8. The molecule has 3 N–H and O–H groups in total. The van der Waals surface area contributed by atoms with Gasteiger partial charge in [0.1, 0.15) is 0 Å². The molecular formula is C11H22N2OS. The number of nitrogens with two attached hydrogens (primary N) is 1. The van der Waals surface area contributed by atoms with Crippen LogP contribution in [0.15, 0.2) is 0 Å². The second kappa shape index (κ2) is 5.75. The molecule has 0 saturated carbocycles. The second-order valence-electron chi connectivity index (χ2n) is 4.21. The third-order valence-electron chi connectivity index (χ3n) is 3.23. The van der Waals surface area contributed by atoms with Crippen LogP contribution in [0.4, 0.5) is 0 Å². The average molecular weight is 230 g/mol. The molecular weight excluding hydrogens is 208 g/mol. The largest absolute Gasteiger partial charge is 0.353 e. The lowest BCUT2D eigenvalue weighted by Gasteiger charge is -2.25. The minimum absolute atomic E-state index is 0.0139. The van der Waals surface area contributed by atoms with Crippen molar-refractivity contribution in [1.82, 2.24) is 5.32 Å². The van der Waals surface area contributed by atoms with E-state index in [0.717, 1.165) is 6.54 Å². The molecule has 1 aliphatic rings. The summed E-state index contributed by atoms with van der Waals surface area (Å²) in [5.74, 6) is 1.25. The number of thioether (sulfide) groups is 1. The van der Waals surface area contributed by atoms with Gasteiger partial charge in [-0.2, -0.15) is 11.8 Å². The molecule has 4 heteroatoms. The first-order valence-electron chi connectivity index (χ1n) is 5.81. The Morgan fingerprint density at radius 2 is 2.20 bits per heavy atom. The molecule has 0 spiro atoms. The zero-order valence-electron chi connectivity index (χ0n) is 9.71. The van der Waals surface area contributed by atoms with E-state index in [1.807, 2.05) is 25.6 Å². The summed E-state index contributed by atoms with van der Waals surface area (Å²) in [5.41, 5.74) is 5.34. The van der Waals surface area contributed by atoms with E-state index in [0.29, 0.717) is 18.1 Å². The van der Waals surface area contributed by atoms with Gasteiger partial charge in [0.15, 0.2) is 0 Å². The van der Waals surface area contributed by atoms with Crippen LogP contribution in [0, 0.1) is 0 Å². The first-order chi connectivity index (χ1) is 7.12. The standard InChI is InChI=1S/C11H22N2OS/c1-3-11(12,4-2)10(14)13-8-9-6-5-7-15-9/h9H,3-8,12H2,1-2H3,(H,13,14). The fourth-order valence-corrected chi connectivity index (χ4v) is 2.96. The molecule has 0 aromatic rings. The van der Waals surface area contributed by atoms with E-state index in [4.69, 9.17) is 5.73 Å². The molecule has 0 aromatic heterocycles. The van der Waals surface area contributed by atoms with Crippen molar-refractivity contribution in [3.63, 3.8) is 0 Å². The van der Waals surface area contributed by atoms with E-state index in [1.165, 1.54) is 18.6 Å². The van der Waals surface area contributed by atoms with Gasteiger partial charge in [-0.3, -0.25) is 4.79 Å². The van der Waals surface area contributed by atoms with Crippen LogP contribution in [0.1, 0.15) is 39.5 Å². The fourth-order valence-electron chi connectivity index (χ4n) is 1.76.